The van der Waals surface area contributed by atoms with Crippen LogP contribution in [0.25, 0.3) is 0 Å². The molecule has 0 aliphatic carbocycles. The molecule has 12 heavy (non-hydrogen) atoms. The SMILES string of the molecule is OC(C1=COCCC1)C(F)(F)F. The van der Waals surface area contributed by atoms with E-state index in [2.05, 4.69) is 4.74 Å². The molecule has 1 heterocycles. The molecule has 1 N–H and O–H groups in total. The summed E-state index contributed by atoms with van der Waals surface area (Å²) >= 11 is 0. The van der Waals surface area contributed by atoms with Crippen LogP contribution >= 0.6 is 0 Å². The maximum atomic E-state index is 11.9. The maximum Gasteiger partial charge on any atom is 0.418 e. The maximum absolute atomic E-state index is 11.9. The summed E-state index contributed by atoms with van der Waals surface area (Å²) < 4.78 is 40.3. The molecule has 0 fully saturated rings. The highest BCUT2D eigenvalue weighted by Gasteiger charge is 2.40. The van der Waals surface area contributed by atoms with Gasteiger partial charge in [-0.25, -0.2) is 0 Å². The quantitative estimate of drug-likeness (QED) is 0.667. The first-order chi connectivity index (χ1) is 5.52. The van der Waals surface area contributed by atoms with E-state index in [4.69, 9.17) is 5.11 Å². The summed E-state index contributed by atoms with van der Waals surface area (Å²) in [6, 6.07) is 0. The number of ether oxygens (including phenoxy) is 1. The number of hydrogen-bond donors (Lipinski definition) is 1. The number of halogens is 3. The van der Waals surface area contributed by atoms with Gasteiger partial charge < -0.3 is 9.84 Å². The van der Waals surface area contributed by atoms with Gasteiger partial charge in [0.05, 0.1) is 12.9 Å². The molecule has 0 amide bonds. The monoisotopic (exact) mass is 182 g/mol. The Morgan fingerprint density at radius 3 is 2.58 bits per heavy atom. The molecule has 0 saturated carbocycles. The van der Waals surface area contributed by atoms with Crippen LogP contribution in [-0.4, -0.2) is 24.0 Å². The van der Waals surface area contributed by atoms with Crippen molar-refractivity contribution in [2.24, 2.45) is 0 Å². The van der Waals surface area contributed by atoms with E-state index in [-0.39, 0.29) is 12.0 Å². The van der Waals surface area contributed by atoms with E-state index in [9.17, 15) is 13.2 Å². The smallest absolute Gasteiger partial charge is 0.418 e. The van der Waals surface area contributed by atoms with Gasteiger partial charge in [-0.15, -0.1) is 0 Å². The van der Waals surface area contributed by atoms with E-state index >= 15 is 0 Å². The lowest BCUT2D eigenvalue weighted by Crippen LogP contribution is -2.31. The summed E-state index contributed by atoms with van der Waals surface area (Å²) in [5.74, 6) is 0. The predicted molar refractivity (Wildman–Crippen MR) is 35.3 cm³/mol. The van der Waals surface area contributed by atoms with Crippen LogP contribution in [0.5, 0.6) is 0 Å². The third-order valence-electron chi connectivity index (χ3n) is 1.62. The van der Waals surface area contributed by atoms with Gasteiger partial charge in [-0.2, -0.15) is 13.2 Å². The molecule has 0 radical (unpaired) electrons. The number of aliphatic hydroxyl groups is 1. The Bertz CT molecular complexity index is 186. The van der Waals surface area contributed by atoms with Crippen molar-refractivity contribution in [2.45, 2.75) is 25.1 Å². The largest absolute Gasteiger partial charge is 0.501 e. The van der Waals surface area contributed by atoms with Crippen LogP contribution < -0.4 is 0 Å². The molecule has 70 valence electrons. The molecule has 0 bridgehead atoms. The van der Waals surface area contributed by atoms with Crippen LogP contribution in [0.4, 0.5) is 13.2 Å². The van der Waals surface area contributed by atoms with E-state index in [0.29, 0.717) is 13.0 Å². The molecule has 2 nitrogen and oxygen atoms in total. The van der Waals surface area contributed by atoms with Crippen LogP contribution in [0.15, 0.2) is 11.8 Å². The Kier molecular flexibility index (Phi) is 2.62. The van der Waals surface area contributed by atoms with Gasteiger partial charge in [-0.1, -0.05) is 0 Å². The van der Waals surface area contributed by atoms with Gasteiger partial charge in [0.1, 0.15) is 0 Å². The molecular formula is C7H9F3O2. The molecule has 5 heteroatoms. The zero-order valence-electron chi connectivity index (χ0n) is 6.27. The lowest BCUT2D eigenvalue weighted by atomic mass is 10.0. The van der Waals surface area contributed by atoms with Crippen molar-refractivity contribution < 1.29 is 23.0 Å². The van der Waals surface area contributed by atoms with Gasteiger partial charge in [0, 0.05) is 5.57 Å². The van der Waals surface area contributed by atoms with Gasteiger partial charge in [-0.05, 0) is 12.8 Å². The van der Waals surface area contributed by atoms with Gasteiger partial charge in [0.25, 0.3) is 0 Å². The summed E-state index contributed by atoms with van der Waals surface area (Å²) in [6.45, 7) is 0.425. The van der Waals surface area contributed by atoms with Crippen molar-refractivity contribution in [3.05, 3.63) is 11.8 Å². The van der Waals surface area contributed by atoms with E-state index in [1.54, 1.807) is 0 Å². The van der Waals surface area contributed by atoms with Crippen molar-refractivity contribution in [3.8, 4) is 0 Å². The molecule has 0 aromatic carbocycles. The standard InChI is InChI=1S/C7H9F3O2/c8-7(9,10)6(11)5-2-1-3-12-4-5/h4,6,11H,1-3H2. The highest BCUT2D eigenvalue weighted by molar-refractivity contribution is 5.09. The van der Waals surface area contributed by atoms with Gasteiger partial charge in [-0.3, -0.25) is 0 Å². The van der Waals surface area contributed by atoms with Crippen molar-refractivity contribution in [1.29, 1.82) is 0 Å². The van der Waals surface area contributed by atoms with Crippen LogP contribution in [0.2, 0.25) is 0 Å². The molecule has 1 atom stereocenters. The molecule has 0 aromatic rings. The predicted octanol–water partition coefficient (Wildman–Crippen LogP) is 1.60. The number of hydrogen-bond acceptors (Lipinski definition) is 2. The molecule has 0 spiro atoms. The molecule has 1 aliphatic heterocycles. The van der Waals surface area contributed by atoms with E-state index < -0.39 is 12.3 Å². The van der Waals surface area contributed by atoms with Crippen LogP contribution in [-0.2, 0) is 4.74 Å². The van der Waals surface area contributed by atoms with Crippen molar-refractivity contribution in [3.63, 3.8) is 0 Å². The number of aliphatic hydroxyl groups excluding tert-OH is 1. The highest BCUT2D eigenvalue weighted by Crippen LogP contribution is 2.28. The molecule has 0 aromatic heterocycles. The summed E-state index contributed by atoms with van der Waals surface area (Å²) in [5, 5.41) is 8.74. The molecule has 0 saturated heterocycles. The summed E-state index contributed by atoms with van der Waals surface area (Å²) in [6.07, 6.45) is -5.16. The van der Waals surface area contributed by atoms with Crippen LogP contribution in [0.1, 0.15) is 12.8 Å². The average molecular weight is 182 g/mol. The Morgan fingerprint density at radius 2 is 2.17 bits per heavy atom. The van der Waals surface area contributed by atoms with Crippen LogP contribution in [0, 0.1) is 0 Å². The molecule has 1 aliphatic rings. The second-order valence-electron chi connectivity index (χ2n) is 2.61. The van der Waals surface area contributed by atoms with E-state index in [1.807, 2.05) is 0 Å². The first-order valence-corrected chi connectivity index (χ1v) is 3.57. The first kappa shape index (κ1) is 9.38. The summed E-state index contributed by atoms with van der Waals surface area (Å²) in [7, 11) is 0. The Morgan fingerprint density at radius 1 is 1.50 bits per heavy atom. The average Bonchev–Trinajstić information content (AvgIpc) is 2.03. The Labute approximate surface area is 67.6 Å². The first-order valence-electron chi connectivity index (χ1n) is 3.57. The second-order valence-corrected chi connectivity index (χ2v) is 2.61. The number of alkyl halides is 3. The van der Waals surface area contributed by atoms with Gasteiger partial charge in [0.15, 0.2) is 6.10 Å². The third kappa shape index (κ3) is 2.14. The third-order valence-corrected chi connectivity index (χ3v) is 1.62. The minimum atomic E-state index is -4.58. The second kappa shape index (κ2) is 3.35. The zero-order valence-corrected chi connectivity index (χ0v) is 6.27. The Balaban J connectivity index is 2.62. The van der Waals surface area contributed by atoms with Gasteiger partial charge in [0.2, 0.25) is 0 Å². The fourth-order valence-corrected chi connectivity index (χ4v) is 0.996. The highest BCUT2D eigenvalue weighted by atomic mass is 19.4. The topological polar surface area (TPSA) is 29.5 Å². The van der Waals surface area contributed by atoms with Crippen molar-refractivity contribution in [1.82, 2.24) is 0 Å². The minimum Gasteiger partial charge on any atom is -0.501 e. The molecule has 1 rings (SSSR count). The van der Waals surface area contributed by atoms with E-state index in [1.165, 1.54) is 0 Å². The molecular weight excluding hydrogens is 173 g/mol. The fraction of sp³-hybridized carbons (Fsp3) is 0.714. The fourth-order valence-electron chi connectivity index (χ4n) is 0.996. The number of rotatable bonds is 1. The lowest BCUT2D eigenvalue weighted by Gasteiger charge is -2.20. The van der Waals surface area contributed by atoms with Crippen molar-refractivity contribution in [2.75, 3.05) is 6.61 Å². The Hall–Kier alpha value is -0.710. The normalized spacial score (nSPS) is 21.2. The molecule has 1 unspecified atom stereocenters. The van der Waals surface area contributed by atoms with E-state index in [0.717, 1.165) is 6.26 Å². The van der Waals surface area contributed by atoms with Crippen LogP contribution in [0.3, 0.4) is 0 Å². The minimum absolute atomic E-state index is 0.0891. The van der Waals surface area contributed by atoms with Gasteiger partial charge >= 0.3 is 6.18 Å². The summed E-state index contributed by atoms with van der Waals surface area (Å²) in [5.41, 5.74) is -0.0891. The zero-order chi connectivity index (χ0) is 9.19. The van der Waals surface area contributed by atoms with Crippen molar-refractivity contribution >= 4 is 0 Å². The lowest BCUT2D eigenvalue weighted by molar-refractivity contribution is -0.193. The summed E-state index contributed by atoms with van der Waals surface area (Å²) in [4.78, 5) is 0.